The third-order valence-corrected chi connectivity index (χ3v) is 3.46. The smallest absolute Gasteiger partial charge is 0.420 e. The Kier molecular flexibility index (Phi) is 5.21. The van der Waals surface area contributed by atoms with E-state index in [9.17, 15) is 21.6 Å². The van der Waals surface area contributed by atoms with E-state index in [1.807, 2.05) is 0 Å². The second-order valence-electron chi connectivity index (χ2n) is 4.64. The molecular formula is C12H8AlF3N6O2S. The second-order valence-corrected chi connectivity index (χ2v) is 5.32. The van der Waals surface area contributed by atoms with Gasteiger partial charge in [0.05, 0.1) is 5.39 Å². The zero-order valence-corrected chi connectivity index (χ0v) is 14.1. The summed E-state index contributed by atoms with van der Waals surface area (Å²) in [4.78, 5) is 7.50. The number of aromatic nitrogens is 4. The van der Waals surface area contributed by atoms with Gasteiger partial charge in [0.2, 0.25) is 0 Å². The summed E-state index contributed by atoms with van der Waals surface area (Å²) in [6, 6.07) is 5.49. The second kappa shape index (κ2) is 6.87. The van der Waals surface area contributed by atoms with Crippen molar-refractivity contribution in [2.24, 2.45) is 0 Å². The van der Waals surface area contributed by atoms with E-state index in [2.05, 4.69) is 24.9 Å². The van der Waals surface area contributed by atoms with Crippen molar-refractivity contribution < 1.29 is 21.6 Å². The van der Waals surface area contributed by atoms with Gasteiger partial charge in [-0.1, -0.05) is 0 Å². The molecule has 0 amide bonds. The van der Waals surface area contributed by atoms with Crippen LogP contribution in [0.25, 0.3) is 22.4 Å². The molecule has 2 aromatic heterocycles. The first-order valence-electron chi connectivity index (χ1n) is 6.31. The Hall–Kier alpha value is -2.36. The SMILES string of the molecule is Nc1[nH]nc2nc(-c3ccc(N[S-](=O)=O)cc3)nc(C(F)(F)F)c12.[Al+]. The van der Waals surface area contributed by atoms with Gasteiger partial charge in [-0.2, -0.15) is 18.3 Å². The first kappa shape index (κ1) is 19.0. The molecule has 0 saturated heterocycles. The van der Waals surface area contributed by atoms with E-state index in [4.69, 9.17) is 5.73 Å². The van der Waals surface area contributed by atoms with Crippen LogP contribution in [0.1, 0.15) is 5.69 Å². The van der Waals surface area contributed by atoms with E-state index in [0.717, 1.165) is 0 Å². The standard InChI is InChI=1S/C12H8F3N6O2S.Al/c13-12(14,15)8-7-9(16)19-20-11(7)18-10(17-8)5-1-3-6(4-2-5)21-24(22)23;/h1-4H,(H,21,22,23)(H3,16,17,18,19,20);/q-1;+1. The number of rotatable bonds is 3. The molecule has 3 rings (SSSR count). The van der Waals surface area contributed by atoms with Gasteiger partial charge in [-0.25, -0.2) is 9.97 Å². The number of nitrogen functional groups attached to an aromatic ring is 1. The van der Waals surface area contributed by atoms with Crippen molar-refractivity contribution in [1.82, 2.24) is 20.2 Å². The molecule has 0 saturated carbocycles. The van der Waals surface area contributed by atoms with Gasteiger partial charge in [0.25, 0.3) is 0 Å². The van der Waals surface area contributed by atoms with Crippen LogP contribution in [0.15, 0.2) is 24.3 Å². The van der Waals surface area contributed by atoms with Gasteiger partial charge in [-0.05, 0) is 24.3 Å². The molecule has 0 atom stereocenters. The Morgan fingerprint density at radius 3 is 2.32 bits per heavy atom. The summed E-state index contributed by atoms with van der Waals surface area (Å²) in [5.74, 6) is -0.488. The molecule has 0 unspecified atom stereocenters. The average Bonchev–Trinajstić information content (AvgIpc) is 2.87. The third-order valence-electron chi connectivity index (χ3n) is 3.05. The van der Waals surface area contributed by atoms with Gasteiger partial charge in [-0.3, -0.25) is 5.10 Å². The minimum atomic E-state index is -4.74. The summed E-state index contributed by atoms with van der Waals surface area (Å²) in [5, 5.41) is 5.49. The summed E-state index contributed by atoms with van der Waals surface area (Å²) in [6.07, 6.45) is -4.74. The maximum atomic E-state index is 13.2. The van der Waals surface area contributed by atoms with E-state index in [1.165, 1.54) is 24.3 Å². The Labute approximate surface area is 150 Å². The number of anilines is 2. The molecule has 0 aliphatic carbocycles. The fourth-order valence-corrected chi connectivity index (χ4v) is 2.39. The van der Waals surface area contributed by atoms with Gasteiger partial charge < -0.3 is 18.9 Å². The molecule has 0 aliphatic rings. The van der Waals surface area contributed by atoms with Crippen molar-refractivity contribution in [3.8, 4) is 11.4 Å². The quantitative estimate of drug-likeness (QED) is 0.467. The van der Waals surface area contributed by atoms with Crippen LogP contribution in [-0.4, -0.2) is 37.5 Å². The average molecular weight is 384 g/mol. The zero-order chi connectivity index (χ0) is 17.5. The summed E-state index contributed by atoms with van der Waals surface area (Å²) in [7, 11) is -2.51. The Morgan fingerprint density at radius 2 is 1.76 bits per heavy atom. The summed E-state index contributed by atoms with van der Waals surface area (Å²) in [6.45, 7) is 0. The minimum Gasteiger partial charge on any atom is -0.420 e. The number of benzene rings is 1. The van der Waals surface area contributed by atoms with E-state index in [1.54, 1.807) is 0 Å². The molecule has 2 heterocycles. The first-order valence-corrected chi connectivity index (χ1v) is 7.38. The van der Waals surface area contributed by atoms with Crippen molar-refractivity contribution in [2.45, 2.75) is 6.18 Å². The van der Waals surface area contributed by atoms with E-state index in [-0.39, 0.29) is 45.9 Å². The van der Waals surface area contributed by atoms with Gasteiger partial charge in [0, 0.05) is 22.1 Å². The molecule has 0 fully saturated rings. The number of nitrogens with two attached hydrogens (primary N) is 1. The van der Waals surface area contributed by atoms with Crippen molar-refractivity contribution in [3.63, 3.8) is 0 Å². The van der Waals surface area contributed by atoms with E-state index in [0.29, 0.717) is 0 Å². The molecular weight excluding hydrogens is 376 g/mol. The molecule has 25 heavy (non-hydrogen) atoms. The van der Waals surface area contributed by atoms with Gasteiger partial charge in [0.1, 0.15) is 5.82 Å². The topological polar surface area (TPSA) is 127 Å². The number of H-pyrrole nitrogens is 1. The summed E-state index contributed by atoms with van der Waals surface area (Å²) >= 11 is 0. The van der Waals surface area contributed by atoms with Crippen molar-refractivity contribution in [1.29, 1.82) is 0 Å². The number of hydrogen-bond donors (Lipinski definition) is 3. The minimum absolute atomic E-state index is 0. The van der Waals surface area contributed by atoms with Crippen molar-refractivity contribution in [2.75, 3.05) is 10.5 Å². The fraction of sp³-hybridized carbons (Fsp3) is 0.0833. The summed E-state index contributed by atoms with van der Waals surface area (Å²) < 4.78 is 62.8. The molecule has 3 aromatic rings. The van der Waals surface area contributed by atoms with Crippen LogP contribution >= 0.6 is 0 Å². The molecule has 8 nitrogen and oxygen atoms in total. The Bertz CT molecular complexity index is 979. The number of nitrogens with one attached hydrogen (secondary N) is 2. The maximum absolute atomic E-state index is 13.2. The predicted molar refractivity (Wildman–Crippen MR) is 84.6 cm³/mol. The molecule has 13 heteroatoms. The molecule has 0 aliphatic heterocycles. The molecule has 4 N–H and O–H groups in total. The van der Waals surface area contributed by atoms with Crippen molar-refractivity contribution >= 4 is 50.8 Å². The van der Waals surface area contributed by atoms with Gasteiger partial charge in [-0.15, -0.1) is 0 Å². The monoisotopic (exact) mass is 384 g/mol. The number of nitrogens with zero attached hydrogens (tertiary/aromatic N) is 3. The van der Waals surface area contributed by atoms with Crippen LogP contribution in [0, 0.1) is 0 Å². The molecule has 2 radical (unpaired) electrons. The number of alkyl halides is 3. The Morgan fingerprint density at radius 1 is 1.12 bits per heavy atom. The van der Waals surface area contributed by atoms with Gasteiger partial charge >= 0.3 is 23.5 Å². The van der Waals surface area contributed by atoms with Crippen LogP contribution in [0.4, 0.5) is 24.7 Å². The predicted octanol–water partition coefficient (Wildman–Crippen LogP) is 1.88. The molecule has 1 aromatic carbocycles. The van der Waals surface area contributed by atoms with Gasteiger partial charge in [0.15, 0.2) is 17.2 Å². The van der Waals surface area contributed by atoms with E-state index >= 15 is 0 Å². The van der Waals surface area contributed by atoms with Crippen LogP contribution in [0.2, 0.25) is 0 Å². The largest absolute Gasteiger partial charge is 1.00 e. The zero-order valence-electron chi connectivity index (χ0n) is 12.2. The normalized spacial score (nSPS) is 11.5. The van der Waals surface area contributed by atoms with E-state index < -0.39 is 28.1 Å². The number of halogens is 3. The molecule has 0 spiro atoms. The van der Waals surface area contributed by atoms with Crippen LogP contribution in [0.3, 0.4) is 0 Å². The number of fused-ring (bicyclic) bond motifs is 1. The first-order chi connectivity index (χ1) is 11.3. The molecule has 128 valence electrons. The number of aromatic amines is 1. The Balaban J connectivity index is 0.00000225. The molecule has 0 bridgehead atoms. The van der Waals surface area contributed by atoms with Crippen LogP contribution in [-0.2, 0) is 25.5 Å². The van der Waals surface area contributed by atoms with Crippen LogP contribution < -0.4 is 10.5 Å². The van der Waals surface area contributed by atoms with Crippen molar-refractivity contribution in [3.05, 3.63) is 30.0 Å². The third kappa shape index (κ3) is 3.84. The number of hydrogen-bond acceptors (Lipinski definition) is 7. The van der Waals surface area contributed by atoms with Crippen LogP contribution in [0.5, 0.6) is 0 Å². The maximum Gasteiger partial charge on any atom is 1.00 e. The fourth-order valence-electron chi connectivity index (χ4n) is 2.06. The summed E-state index contributed by atoms with van der Waals surface area (Å²) in [5.41, 5.74) is 4.55.